The first-order chi connectivity index (χ1) is 28.7. The van der Waals surface area contributed by atoms with Crippen LogP contribution < -0.4 is 4.90 Å². The van der Waals surface area contributed by atoms with E-state index in [1.165, 1.54) is 43.8 Å². The largest absolute Gasteiger partial charge is 0.455 e. The maximum Gasteiger partial charge on any atom is 0.143 e. The molecule has 2 heteroatoms. The normalized spacial score (nSPS) is 11.4. The van der Waals surface area contributed by atoms with Gasteiger partial charge in [0.1, 0.15) is 11.2 Å². The van der Waals surface area contributed by atoms with Gasteiger partial charge >= 0.3 is 0 Å². The van der Waals surface area contributed by atoms with Crippen molar-refractivity contribution in [3.63, 3.8) is 0 Å². The Morgan fingerprint density at radius 3 is 1.62 bits per heavy atom. The highest BCUT2D eigenvalue weighted by Crippen LogP contribution is 2.48. The molecule has 11 aromatic rings. The second-order valence-corrected chi connectivity index (χ2v) is 14.9. The van der Waals surface area contributed by atoms with E-state index in [1.54, 1.807) is 0 Å². The lowest BCUT2D eigenvalue weighted by atomic mass is 9.94. The summed E-state index contributed by atoms with van der Waals surface area (Å²) in [5.74, 6) is 0. The highest BCUT2D eigenvalue weighted by atomic mass is 16.3. The van der Waals surface area contributed by atoms with E-state index in [1.807, 2.05) is 0 Å². The maximum absolute atomic E-state index is 6.83. The van der Waals surface area contributed by atoms with Crippen LogP contribution in [0.15, 0.2) is 229 Å². The molecular formula is C56H37NO. The summed E-state index contributed by atoms with van der Waals surface area (Å²) in [4.78, 5) is 2.42. The van der Waals surface area contributed by atoms with Gasteiger partial charge in [-0.2, -0.15) is 0 Å². The van der Waals surface area contributed by atoms with Gasteiger partial charge in [0.15, 0.2) is 0 Å². The highest BCUT2D eigenvalue weighted by Gasteiger charge is 2.23. The van der Waals surface area contributed by atoms with Gasteiger partial charge in [0, 0.05) is 33.2 Å². The molecule has 0 unspecified atom stereocenters. The van der Waals surface area contributed by atoms with Gasteiger partial charge in [-0.3, -0.25) is 0 Å². The smallest absolute Gasteiger partial charge is 0.143 e. The van der Waals surface area contributed by atoms with E-state index in [0.717, 1.165) is 61.3 Å². The summed E-state index contributed by atoms with van der Waals surface area (Å²) in [6.07, 6.45) is 0. The number of hydrogen-bond acceptors (Lipinski definition) is 2. The molecule has 0 aliphatic rings. The van der Waals surface area contributed by atoms with Crippen LogP contribution in [0.3, 0.4) is 0 Å². The predicted molar refractivity (Wildman–Crippen MR) is 245 cm³/mol. The van der Waals surface area contributed by atoms with E-state index in [0.29, 0.717) is 0 Å². The molecule has 0 bridgehead atoms. The summed E-state index contributed by atoms with van der Waals surface area (Å²) >= 11 is 0. The number of fused-ring (bicyclic) bond motifs is 5. The Morgan fingerprint density at radius 1 is 0.293 bits per heavy atom. The first-order valence-electron chi connectivity index (χ1n) is 19.8. The second kappa shape index (κ2) is 14.1. The number of rotatable bonds is 7. The molecule has 0 radical (unpaired) electrons. The first kappa shape index (κ1) is 33.6. The van der Waals surface area contributed by atoms with Crippen LogP contribution in [0.1, 0.15) is 0 Å². The zero-order chi connectivity index (χ0) is 38.4. The van der Waals surface area contributed by atoms with Crippen LogP contribution in [0.4, 0.5) is 17.1 Å². The first-order valence-corrected chi connectivity index (χ1v) is 19.8. The standard InChI is InChI=1S/C56H37NO/c1-3-14-38(15-4-1)46-30-33-54(51(35-46)41-17-5-2-6-18-41)57(47-31-28-40(29-32-47)45-27-26-39-16-7-8-19-42(39)34-45)53-25-12-11-22-48(53)49-23-13-24-50-52-36-43-20-9-10-21-44(43)37-55(52)58-56(49)50/h1-37H. The van der Waals surface area contributed by atoms with Crippen molar-refractivity contribution in [3.05, 3.63) is 224 Å². The molecule has 58 heavy (non-hydrogen) atoms. The second-order valence-electron chi connectivity index (χ2n) is 14.9. The fourth-order valence-corrected chi connectivity index (χ4v) is 8.56. The molecule has 0 N–H and O–H groups in total. The molecule has 11 rings (SSSR count). The predicted octanol–water partition coefficient (Wildman–Crippen LogP) is 16.0. The zero-order valence-corrected chi connectivity index (χ0v) is 31.7. The third-order valence-electron chi connectivity index (χ3n) is 11.4. The summed E-state index contributed by atoms with van der Waals surface area (Å²) < 4.78 is 6.83. The summed E-state index contributed by atoms with van der Waals surface area (Å²) in [7, 11) is 0. The number of para-hydroxylation sites is 2. The van der Waals surface area contributed by atoms with E-state index in [-0.39, 0.29) is 0 Å². The van der Waals surface area contributed by atoms with Crippen molar-refractivity contribution in [1.29, 1.82) is 0 Å². The summed E-state index contributed by atoms with van der Waals surface area (Å²) in [6.45, 7) is 0. The summed E-state index contributed by atoms with van der Waals surface area (Å²) in [5, 5.41) is 7.08. The zero-order valence-electron chi connectivity index (χ0n) is 31.7. The fourth-order valence-electron chi connectivity index (χ4n) is 8.56. The summed E-state index contributed by atoms with van der Waals surface area (Å²) in [5.41, 5.74) is 14.1. The van der Waals surface area contributed by atoms with E-state index in [4.69, 9.17) is 4.42 Å². The molecule has 2 nitrogen and oxygen atoms in total. The highest BCUT2D eigenvalue weighted by molar-refractivity contribution is 6.14. The maximum atomic E-state index is 6.83. The number of anilines is 3. The average Bonchev–Trinajstić information content (AvgIpc) is 3.67. The van der Waals surface area contributed by atoms with Gasteiger partial charge in [0.05, 0.1) is 11.4 Å². The molecule has 272 valence electrons. The van der Waals surface area contributed by atoms with Crippen LogP contribution >= 0.6 is 0 Å². The minimum absolute atomic E-state index is 0.884. The van der Waals surface area contributed by atoms with Crippen molar-refractivity contribution in [2.45, 2.75) is 0 Å². The van der Waals surface area contributed by atoms with Crippen molar-refractivity contribution in [1.82, 2.24) is 0 Å². The van der Waals surface area contributed by atoms with Crippen LogP contribution in [0.25, 0.3) is 88.0 Å². The van der Waals surface area contributed by atoms with Gasteiger partial charge in [-0.05, 0) is 97.9 Å². The Morgan fingerprint density at radius 2 is 0.845 bits per heavy atom. The molecule has 0 amide bonds. The lowest BCUT2D eigenvalue weighted by Crippen LogP contribution is -2.12. The van der Waals surface area contributed by atoms with Crippen molar-refractivity contribution in [2.75, 3.05) is 4.90 Å². The Hall–Kier alpha value is -7.68. The molecule has 1 heterocycles. The van der Waals surface area contributed by atoms with Crippen molar-refractivity contribution < 1.29 is 4.42 Å². The lowest BCUT2D eigenvalue weighted by Gasteiger charge is -2.30. The molecule has 0 aliphatic carbocycles. The minimum Gasteiger partial charge on any atom is -0.455 e. The molecule has 0 atom stereocenters. The van der Waals surface area contributed by atoms with Gasteiger partial charge in [0.25, 0.3) is 0 Å². The fraction of sp³-hybridized carbons (Fsp3) is 0. The van der Waals surface area contributed by atoms with E-state index < -0.39 is 0 Å². The number of nitrogens with zero attached hydrogens (tertiary/aromatic N) is 1. The molecule has 0 aliphatic heterocycles. The van der Waals surface area contributed by atoms with Gasteiger partial charge in [-0.25, -0.2) is 0 Å². The third kappa shape index (κ3) is 5.91. The number of benzene rings is 10. The topological polar surface area (TPSA) is 16.4 Å². The molecule has 1 aromatic heterocycles. The van der Waals surface area contributed by atoms with E-state index in [9.17, 15) is 0 Å². The lowest BCUT2D eigenvalue weighted by molar-refractivity contribution is 0.670. The number of hydrogen-bond donors (Lipinski definition) is 0. The monoisotopic (exact) mass is 739 g/mol. The van der Waals surface area contributed by atoms with Gasteiger partial charge in [-0.1, -0.05) is 176 Å². The molecule has 0 saturated heterocycles. The van der Waals surface area contributed by atoms with Crippen molar-refractivity contribution in [2.24, 2.45) is 0 Å². The molecule has 0 spiro atoms. The van der Waals surface area contributed by atoms with Gasteiger partial charge in [-0.15, -0.1) is 0 Å². The quantitative estimate of drug-likeness (QED) is 0.162. The SMILES string of the molecule is c1ccc(-c2ccc(N(c3ccc(-c4ccc5ccccc5c4)cc3)c3ccccc3-c3cccc4c3oc3cc5ccccc5cc34)c(-c3ccccc3)c2)cc1. The van der Waals surface area contributed by atoms with E-state index in [2.05, 4.69) is 229 Å². The molecule has 10 aromatic carbocycles. The average molecular weight is 740 g/mol. The Balaban J connectivity index is 1.13. The third-order valence-corrected chi connectivity index (χ3v) is 11.4. The summed E-state index contributed by atoms with van der Waals surface area (Å²) in [6, 6.07) is 80.7. The Labute approximate surface area is 337 Å². The minimum atomic E-state index is 0.884. The van der Waals surface area contributed by atoms with Crippen LogP contribution in [0.2, 0.25) is 0 Å². The number of furan rings is 1. The van der Waals surface area contributed by atoms with E-state index >= 15 is 0 Å². The molecular weight excluding hydrogens is 703 g/mol. The Bertz CT molecular complexity index is 3270. The van der Waals surface area contributed by atoms with Gasteiger partial charge < -0.3 is 9.32 Å². The Kier molecular flexibility index (Phi) is 8.19. The van der Waals surface area contributed by atoms with Gasteiger partial charge in [0.2, 0.25) is 0 Å². The van der Waals surface area contributed by atoms with Crippen molar-refractivity contribution >= 4 is 60.5 Å². The van der Waals surface area contributed by atoms with Crippen LogP contribution in [-0.4, -0.2) is 0 Å². The van der Waals surface area contributed by atoms with Crippen LogP contribution in [0.5, 0.6) is 0 Å². The van der Waals surface area contributed by atoms with Crippen molar-refractivity contribution in [3.8, 4) is 44.5 Å². The molecule has 0 saturated carbocycles. The van der Waals surface area contributed by atoms with Crippen LogP contribution in [-0.2, 0) is 0 Å². The van der Waals surface area contributed by atoms with Crippen LogP contribution in [0, 0.1) is 0 Å². The molecule has 0 fully saturated rings.